The summed E-state index contributed by atoms with van der Waals surface area (Å²) in [6.45, 7) is -0.0276. The number of pyridine rings is 1. The number of amides is 1. The topological polar surface area (TPSA) is 99.0 Å². The van der Waals surface area contributed by atoms with Crippen LogP contribution < -0.4 is 5.32 Å². The first-order chi connectivity index (χ1) is 16.2. The largest absolute Gasteiger partial charge is 0.460 e. The highest BCUT2D eigenvalue weighted by atomic mass is 32.2. The van der Waals surface area contributed by atoms with Crippen molar-refractivity contribution in [3.05, 3.63) is 90.8 Å². The highest BCUT2D eigenvalue weighted by molar-refractivity contribution is 7.99. The second kappa shape index (κ2) is 11.1. The van der Waals surface area contributed by atoms with Crippen molar-refractivity contribution in [1.29, 1.82) is 0 Å². The number of carbonyl (C=O) groups is 2. The second-order valence-electron chi connectivity index (χ2n) is 6.93. The van der Waals surface area contributed by atoms with Crippen LogP contribution in [0.2, 0.25) is 0 Å². The van der Waals surface area contributed by atoms with Crippen molar-refractivity contribution in [2.45, 2.75) is 11.8 Å². The van der Waals surface area contributed by atoms with E-state index in [1.807, 2.05) is 77.4 Å². The minimum absolute atomic E-state index is 0.0734. The van der Waals surface area contributed by atoms with Gasteiger partial charge in [-0.25, -0.2) is 0 Å². The van der Waals surface area contributed by atoms with Crippen LogP contribution in [0.3, 0.4) is 0 Å². The van der Waals surface area contributed by atoms with Gasteiger partial charge in [-0.1, -0.05) is 60.3 Å². The molecule has 1 N–H and O–H groups in total. The van der Waals surface area contributed by atoms with Gasteiger partial charge in [-0.05, 0) is 29.8 Å². The molecule has 8 nitrogen and oxygen atoms in total. The van der Waals surface area contributed by atoms with Gasteiger partial charge in [0.1, 0.15) is 13.2 Å². The van der Waals surface area contributed by atoms with Gasteiger partial charge in [0.05, 0.1) is 5.75 Å². The Bertz CT molecular complexity index is 1200. The molecule has 9 heteroatoms. The third-order valence-corrected chi connectivity index (χ3v) is 5.50. The minimum atomic E-state index is -0.497. The van der Waals surface area contributed by atoms with E-state index >= 15 is 0 Å². The molecular weight excluding hydrogens is 438 g/mol. The molecule has 1 amide bonds. The van der Waals surface area contributed by atoms with E-state index in [1.54, 1.807) is 12.4 Å². The maximum Gasteiger partial charge on any atom is 0.325 e. The number of aromatic nitrogens is 4. The number of nitrogens with one attached hydrogen (secondary N) is 1. The van der Waals surface area contributed by atoms with Crippen molar-refractivity contribution < 1.29 is 14.3 Å². The highest BCUT2D eigenvalue weighted by Crippen LogP contribution is 2.27. The monoisotopic (exact) mass is 459 g/mol. The Balaban J connectivity index is 1.36. The number of para-hydroxylation sites is 1. The van der Waals surface area contributed by atoms with E-state index in [1.165, 1.54) is 11.8 Å². The molecule has 2 heterocycles. The molecule has 0 fully saturated rings. The lowest BCUT2D eigenvalue weighted by atomic mass is 10.2. The van der Waals surface area contributed by atoms with Crippen molar-refractivity contribution in [2.75, 3.05) is 12.3 Å². The van der Waals surface area contributed by atoms with E-state index in [-0.39, 0.29) is 24.8 Å². The number of hydrogen-bond acceptors (Lipinski definition) is 7. The number of hydrogen-bond donors (Lipinski definition) is 1. The van der Waals surface area contributed by atoms with Crippen molar-refractivity contribution in [2.24, 2.45) is 0 Å². The molecule has 0 aliphatic rings. The number of rotatable bonds is 9. The number of ether oxygens (including phenoxy) is 1. The first-order valence-corrected chi connectivity index (χ1v) is 11.2. The standard InChI is InChI=1S/C24H21N5O3S/c30-21(26-15-22(31)32-16-18-8-3-1-4-9-18)17-33-24-28-27-23(19-10-7-13-25-14-19)29(24)20-11-5-2-6-12-20/h1-14H,15-17H2,(H,26,30). The summed E-state index contributed by atoms with van der Waals surface area (Å²) in [6.07, 6.45) is 3.41. The lowest BCUT2D eigenvalue weighted by molar-refractivity contribution is -0.145. The second-order valence-corrected chi connectivity index (χ2v) is 7.87. The SMILES string of the molecule is O=C(CSc1nnc(-c2cccnc2)n1-c1ccccc1)NCC(=O)OCc1ccccc1. The molecule has 166 valence electrons. The summed E-state index contributed by atoms with van der Waals surface area (Å²) >= 11 is 1.23. The first-order valence-electron chi connectivity index (χ1n) is 10.2. The molecule has 4 rings (SSSR count). The van der Waals surface area contributed by atoms with E-state index in [2.05, 4.69) is 20.5 Å². The maximum atomic E-state index is 12.3. The van der Waals surface area contributed by atoms with Crippen LogP contribution in [0.5, 0.6) is 0 Å². The molecule has 0 atom stereocenters. The van der Waals surface area contributed by atoms with Crippen molar-refractivity contribution in [3.63, 3.8) is 0 Å². The van der Waals surface area contributed by atoms with Crippen LogP contribution in [0.4, 0.5) is 0 Å². The van der Waals surface area contributed by atoms with Gasteiger partial charge in [-0.3, -0.25) is 19.1 Å². The number of nitrogens with zero attached hydrogens (tertiary/aromatic N) is 4. The molecule has 0 saturated heterocycles. The molecule has 0 radical (unpaired) electrons. The molecule has 0 unspecified atom stereocenters. The van der Waals surface area contributed by atoms with Gasteiger partial charge < -0.3 is 10.1 Å². The quantitative estimate of drug-likeness (QED) is 0.303. The van der Waals surface area contributed by atoms with Crippen LogP contribution in [0.25, 0.3) is 17.1 Å². The molecule has 0 aliphatic heterocycles. The van der Waals surface area contributed by atoms with Gasteiger partial charge in [-0.2, -0.15) is 0 Å². The van der Waals surface area contributed by atoms with E-state index in [0.29, 0.717) is 11.0 Å². The van der Waals surface area contributed by atoms with Crippen molar-refractivity contribution >= 4 is 23.6 Å². The normalized spacial score (nSPS) is 10.5. The van der Waals surface area contributed by atoms with E-state index in [4.69, 9.17) is 4.74 Å². The van der Waals surface area contributed by atoms with E-state index in [0.717, 1.165) is 16.8 Å². The summed E-state index contributed by atoms with van der Waals surface area (Å²) in [7, 11) is 0. The third-order valence-electron chi connectivity index (χ3n) is 4.57. The molecule has 0 saturated carbocycles. The van der Waals surface area contributed by atoms with Crippen LogP contribution in [-0.4, -0.2) is 43.9 Å². The predicted molar refractivity (Wildman–Crippen MR) is 125 cm³/mol. The Morgan fingerprint density at radius 3 is 2.42 bits per heavy atom. The minimum Gasteiger partial charge on any atom is -0.460 e. The molecule has 33 heavy (non-hydrogen) atoms. The van der Waals surface area contributed by atoms with Crippen molar-refractivity contribution in [3.8, 4) is 17.1 Å². The summed E-state index contributed by atoms with van der Waals surface area (Å²) in [4.78, 5) is 28.4. The number of thioether (sulfide) groups is 1. The van der Waals surface area contributed by atoms with Gasteiger partial charge >= 0.3 is 5.97 Å². The summed E-state index contributed by atoms with van der Waals surface area (Å²) in [5, 5.41) is 11.7. The van der Waals surface area contributed by atoms with Crippen LogP contribution >= 0.6 is 11.8 Å². The fourth-order valence-electron chi connectivity index (χ4n) is 3.00. The summed E-state index contributed by atoms with van der Waals surface area (Å²) in [5.74, 6) is -0.100. The van der Waals surface area contributed by atoms with E-state index < -0.39 is 5.97 Å². The molecule has 0 spiro atoms. The van der Waals surface area contributed by atoms with Gasteiger partial charge in [-0.15, -0.1) is 10.2 Å². The zero-order valence-electron chi connectivity index (χ0n) is 17.6. The zero-order valence-corrected chi connectivity index (χ0v) is 18.4. The maximum absolute atomic E-state index is 12.3. The predicted octanol–water partition coefficient (Wildman–Crippen LogP) is 3.28. The lowest BCUT2D eigenvalue weighted by Crippen LogP contribution is -2.31. The van der Waals surface area contributed by atoms with Gasteiger partial charge in [0, 0.05) is 23.6 Å². The Morgan fingerprint density at radius 2 is 1.70 bits per heavy atom. The number of esters is 1. The molecule has 0 aliphatic carbocycles. The fourth-order valence-corrected chi connectivity index (χ4v) is 3.78. The number of benzene rings is 2. The Labute approximate surface area is 195 Å². The summed E-state index contributed by atoms with van der Waals surface area (Å²) in [6, 6.07) is 22.7. The van der Waals surface area contributed by atoms with Gasteiger partial charge in [0.15, 0.2) is 11.0 Å². The Morgan fingerprint density at radius 1 is 0.939 bits per heavy atom. The van der Waals surface area contributed by atoms with Crippen LogP contribution in [-0.2, 0) is 20.9 Å². The van der Waals surface area contributed by atoms with E-state index in [9.17, 15) is 9.59 Å². The number of carbonyl (C=O) groups excluding carboxylic acids is 2. The molecule has 2 aromatic heterocycles. The average molecular weight is 460 g/mol. The molecule has 4 aromatic rings. The first kappa shape index (κ1) is 22.2. The molecular formula is C24H21N5O3S. The van der Waals surface area contributed by atoms with Crippen LogP contribution in [0.1, 0.15) is 5.56 Å². The van der Waals surface area contributed by atoms with Crippen molar-refractivity contribution in [1.82, 2.24) is 25.1 Å². The molecule has 0 bridgehead atoms. The van der Waals surface area contributed by atoms with Gasteiger partial charge in [0.25, 0.3) is 0 Å². The van der Waals surface area contributed by atoms with Crippen LogP contribution in [0, 0.1) is 0 Å². The average Bonchev–Trinajstić information content (AvgIpc) is 3.30. The Hall–Kier alpha value is -3.98. The Kier molecular flexibility index (Phi) is 7.44. The smallest absolute Gasteiger partial charge is 0.325 e. The highest BCUT2D eigenvalue weighted by Gasteiger charge is 2.17. The summed E-state index contributed by atoms with van der Waals surface area (Å²) < 4.78 is 7.06. The lowest BCUT2D eigenvalue weighted by Gasteiger charge is -2.10. The summed E-state index contributed by atoms with van der Waals surface area (Å²) in [5.41, 5.74) is 2.57. The fraction of sp³-hybridized carbons (Fsp3) is 0.125. The van der Waals surface area contributed by atoms with Crippen LogP contribution in [0.15, 0.2) is 90.3 Å². The third kappa shape index (κ3) is 6.05. The zero-order chi connectivity index (χ0) is 22.9. The van der Waals surface area contributed by atoms with Gasteiger partial charge in [0.2, 0.25) is 5.91 Å². The molecule has 2 aromatic carbocycles.